The third-order valence-electron chi connectivity index (χ3n) is 2.28. The molecule has 0 aliphatic rings. The van der Waals surface area contributed by atoms with E-state index in [4.69, 9.17) is 0 Å². The van der Waals surface area contributed by atoms with Gasteiger partial charge in [-0.05, 0) is 24.6 Å². The standard InChI is InChI=1S/C11H13F4NO/c1-7(17)8-3-4-10(9(12)5-8)16(2)6-11(13,14)15/h3-5,7,17H,6H2,1-2H3/t7-/m1/s1. The molecule has 1 aromatic carbocycles. The molecule has 0 aliphatic heterocycles. The Morgan fingerprint density at radius 3 is 2.35 bits per heavy atom. The van der Waals surface area contributed by atoms with Crippen molar-refractivity contribution in [1.29, 1.82) is 0 Å². The summed E-state index contributed by atoms with van der Waals surface area (Å²) in [6, 6.07) is 3.66. The van der Waals surface area contributed by atoms with E-state index >= 15 is 0 Å². The van der Waals surface area contributed by atoms with Gasteiger partial charge in [0.25, 0.3) is 0 Å². The molecule has 1 rings (SSSR count). The molecule has 0 bridgehead atoms. The molecule has 96 valence electrons. The molecule has 2 nitrogen and oxygen atoms in total. The van der Waals surface area contributed by atoms with E-state index in [1.54, 1.807) is 0 Å². The van der Waals surface area contributed by atoms with Crippen LogP contribution in [0.25, 0.3) is 0 Å². The summed E-state index contributed by atoms with van der Waals surface area (Å²) in [5, 5.41) is 9.20. The maximum atomic E-state index is 13.5. The largest absolute Gasteiger partial charge is 0.405 e. The molecule has 0 aliphatic carbocycles. The monoisotopic (exact) mass is 251 g/mol. The number of hydrogen-bond acceptors (Lipinski definition) is 2. The van der Waals surface area contributed by atoms with Crippen molar-refractivity contribution < 1.29 is 22.7 Å². The number of halogens is 4. The Morgan fingerprint density at radius 2 is 1.94 bits per heavy atom. The number of nitrogens with zero attached hydrogens (tertiary/aromatic N) is 1. The molecule has 0 fully saturated rings. The van der Waals surface area contributed by atoms with Crippen LogP contribution in [0.1, 0.15) is 18.6 Å². The highest BCUT2D eigenvalue weighted by molar-refractivity contribution is 5.48. The fourth-order valence-electron chi connectivity index (χ4n) is 1.45. The lowest BCUT2D eigenvalue weighted by molar-refractivity contribution is -0.119. The zero-order valence-electron chi connectivity index (χ0n) is 9.42. The first-order chi connectivity index (χ1) is 7.70. The van der Waals surface area contributed by atoms with Gasteiger partial charge in [0.2, 0.25) is 0 Å². The normalized spacial score (nSPS) is 13.6. The Labute approximate surface area is 96.5 Å². The van der Waals surface area contributed by atoms with Gasteiger partial charge in [0.15, 0.2) is 0 Å². The maximum absolute atomic E-state index is 13.5. The summed E-state index contributed by atoms with van der Waals surface area (Å²) in [5.41, 5.74) is 0.179. The molecule has 0 saturated carbocycles. The molecule has 0 spiro atoms. The van der Waals surface area contributed by atoms with E-state index in [0.29, 0.717) is 5.56 Å². The minimum Gasteiger partial charge on any atom is -0.389 e. The molecule has 1 N–H and O–H groups in total. The van der Waals surface area contributed by atoms with Crippen molar-refractivity contribution in [3.05, 3.63) is 29.6 Å². The number of benzene rings is 1. The molecule has 6 heteroatoms. The topological polar surface area (TPSA) is 23.5 Å². The first-order valence-corrected chi connectivity index (χ1v) is 4.96. The third-order valence-corrected chi connectivity index (χ3v) is 2.28. The quantitative estimate of drug-likeness (QED) is 0.835. The Bertz CT molecular complexity index is 390. The Hall–Kier alpha value is -1.30. The summed E-state index contributed by atoms with van der Waals surface area (Å²) in [6.45, 7) is 0.228. The highest BCUT2D eigenvalue weighted by Crippen LogP contribution is 2.25. The van der Waals surface area contributed by atoms with Gasteiger partial charge in [0, 0.05) is 7.05 Å². The van der Waals surface area contributed by atoms with Crippen molar-refractivity contribution in [2.24, 2.45) is 0 Å². The molecular formula is C11H13F4NO. The molecule has 17 heavy (non-hydrogen) atoms. The van der Waals surface area contributed by atoms with Crippen LogP contribution in [0.4, 0.5) is 23.2 Å². The van der Waals surface area contributed by atoms with Gasteiger partial charge in [-0.15, -0.1) is 0 Å². The first kappa shape index (κ1) is 13.8. The number of alkyl halides is 3. The Morgan fingerprint density at radius 1 is 1.35 bits per heavy atom. The molecule has 0 amide bonds. The summed E-state index contributed by atoms with van der Waals surface area (Å²) in [6.07, 6.45) is -5.24. The first-order valence-electron chi connectivity index (χ1n) is 4.96. The van der Waals surface area contributed by atoms with Crippen LogP contribution in [-0.4, -0.2) is 24.9 Å². The van der Waals surface area contributed by atoms with Gasteiger partial charge in [-0.25, -0.2) is 4.39 Å². The number of aliphatic hydroxyl groups excluding tert-OH is 1. The van der Waals surface area contributed by atoms with Gasteiger partial charge in [0.1, 0.15) is 12.4 Å². The minimum atomic E-state index is -4.38. The van der Waals surface area contributed by atoms with Crippen LogP contribution >= 0.6 is 0 Å². The van der Waals surface area contributed by atoms with Crippen LogP contribution in [-0.2, 0) is 0 Å². The highest BCUT2D eigenvalue weighted by atomic mass is 19.4. The van der Waals surface area contributed by atoms with Crippen molar-refractivity contribution in [2.45, 2.75) is 19.2 Å². The average molecular weight is 251 g/mol. The SMILES string of the molecule is C[C@@H](O)c1ccc(N(C)CC(F)(F)F)c(F)c1. The van der Waals surface area contributed by atoms with E-state index in [2.05, 4.69) is 0 Å². The van der Waals surface area contributed by atoms with E-state index < -0.39 is 24.6 Å². The second kappa shape index (κ2) is 4.91. The van der Waals surface area contributed by atoms with Crippen molar-refractivity contribution in [3.63, 3.8) is 0 Å². The summed E-state index contributed by atoms with van der Waals surface area (Å²) >= 11 is 0. The van der Waals surface area contributed by atoms with Gasteiger partial charge in [-0.2, -0.15) is 13.2 Å². The maximum Gasteiger partial charge on any atom is 0.405 e. The lowest BCUT2D eigenvalue weighted by Crippen LogP contribution is -2.31. The molecule has 0 unspecified atom stereocenters. The number of hydrogen-bond donors (Lipinski definition) is 1. The predicted octanol–water partition coefficient (Wildman–Crippen LogP) is 2.88. The highest BCUT2D eigenvalue weighted by Gasteiger charge is 2.30. The van der Waals surface area contributed by atoms with Gasteiger partial charge < -0.3 is 10.0 Å². The lowest BCUT2D eigenvalue weighted by atomic mass is 10.1. The van der Waals surface area contributed by atoms with E-state index in [1.807, 2.05) is 0 Å². The van der Waals surface area contributed by atoms with Crippen molar-refractivity contribution in [2.75, 3.05) is 18.5 Å². The van der Waals surface area contributed by atoms with Crippen LogP contribution in [0, 0.1) is 5.82 Å². The van der Waals surface area contributed by atoms with E-state index in [0.717, 1.165) is 18.0 Å². The smallest absolute Gasteiger partial charge is 0.389 e. The van der Waals surface area contributed by atoms with E-state index in [-0.39, 0.29) is 5.69 Å². The molecule has 1 atom stereocenters. The zero-order valence-corrected chi connectivity index (χ0v) is 9.42. The van der Waals surface area contributed by atoms with E-state index in [9.17, 15) is 22.7 Å². The number of rotatable bonds is 3. The average Bonchev–Trinajstić information content (AvgIpc) is 2.14. The van der Waals surface area contributed by atoms with Crippen molar-refractivity contribution >= 4 is 5.69 Å². The van der Waals surface area contributed by atoms with E-state index in [1.165, 1.54) is 19.1 Å². The van der Waals surface area contributed by atoms with Crippen LogP contribution < -0.4 is 4.90 Å². The van der Waals surface area contributed by atoms with Crippen LogP contribution in [0.3, 0.4) is 0 Å². The van der Waals surface area contributed by atoms with Gasteiger partial charge in [-0.3, -0.25) is 0 Å². The summed E-state index contributed by atoms with van der Waals surface area (Å²) in [5.74, 6) is -0.782. The molecule has 1 aromatic rings. The fraction of sp³-hybridized carbons (Fsp3) is 0.455. The van der Waals surface area contributed by atoms with Crippen molar-refractivity contribution in [1.82, 2.24) is 0 Å². The molecule has 0 aromatic heterocycles. The second-order valence-corrected chi connectivity index (χ2v) is 3.86. The lowest BCUT2D eigenvalue weighted by Gasteiger charge is -2.22. The number of aliphatic hydroxyl groups is 1. The molecule has 0 saturated heterocycles. The molecule has 0 radical (unpaired) electrons. The van der Waals surface area contributed by atoms with Gasteiger partial charge in [-0.1, -0.05) is 6.07 Å². The minimum absolute atomic E-state index is 0.147. The molecule has 0 heterocycles. The molecular weight excluding hydrogens is 238 g/mol. The fourth-order valence-corrected chi connectivity index (χ4v) is 1.45. The van der Waals surface area contributed by atoms with Crippen LogP contribution in [0.5, 0.6) is 0 Å². The predicted molar refractivity (Wildman–Crippen MR) is 56.4 cm³/mol. The second-order valence-electron chi connectivity index (χ2n) is 3.86. The zero-order chi connectivity index (χ0) is 13.2. The van der Waals surface area contributed by atoms with Gasteiger partial charge >= 0.3 is 6.18 Å². The third kappa shape index (κ3) is 3.89. The Kier molecular flexibility index (Phi) is 3.98. The summed E-state index contributed by atoms with van der Waals surface area (Å²) in [7, 11) is 1.16. The van der Waals surface area contributed by atoms with Crippen molar-refractivity contribution in [3.8, 4) is 0 Å². The van der Waals surface area contributed by atoms with Gasteiger partial charge in [0.05, 0.1) is 11.8 Å². The summed E-state index contributed by atoms with van der Waals surface area (Å²) in [4.78, 5) is 0.779. The van der Waals surface area contributed by atoms with Crippen LogP contribution in [0.2, 0.25) is 0 Å². The summed E-state index contributed by atoms with van der Waals surface area (Å²) < 4.78 is 49.9. The number of anilines is 1. The van der Waals surface area contributed by atoms with Crippen LogP contribution in [0.15, 0.2) is 18.2 Å². The Balaban J connectivity index is 2.92.